The van der Waals surface area contributed by atoms with Crippen molar-refractivity contribution in [3.05, 3.63) is 46.7 Å². The third-order valence-electron chi connectivity index (χ3n) is 4.06. The fourth-order valence-electron chi connectivity index (χ4n) is 2.93. The number of fused-ring (bicyclic) bond motifs is 1. The van der Waals surface area contributed by atoms with Crippen LogP contribution in [0.2, 0.25) is 5.02 Å². The molecule has 0 unspecified atom stereocenters. The number of rotatable bonds is 5. The number of ether oxygens (including phenoxy) is 2. The number of alkyl halides is 2. The third-order valence-corrected chi connectivity index (χ3v) is 4.41. The number of carbonyl (C=O) groups excluding carboxylic acids is 1. The van der Waals surface area contributed by atoms with Crippen molar-refractivity contribution in [2.45, 2.75) is 19.3 Å². The minimum absolute atomic E-state index is 0.103. The van der Waals surface area contributed by atoms with Gasteiger partial charge in [0.1, 0.15) is 23.8 Å². The molecule has 26 heavy (non-hydrogen) atoms. The van der Waals surface area contributed by atoms with E-state index in [1.54, 1.807) is 17.0 Å². The van der Waals surface area contributed by atoms with Crippen molar-refractivity contribution in [1.29, 1.82) is 0 Å². The molecule has 8 heteroatoms. The molecule has 1 aliphatic heterocycles. The maximum Gasteiger partial charge on any atom is 0.277 e. The summed E-state index contributed by atoms with van der Waals surface area (Å²) >= 11 is 6.28. The fraction of sp³-hybridized carbons (Fsp3) is 0.333. The van der Waals surface area contributed by atoms with Crippen molar-refractivity contribution >= 4 is 23.2 Å². The Morgan fingerprint density at radius 3 is 2.92 bits per heavy atom. The number of hydrogen-bond donors (Lipinski definition) is 0. The molecule has 0 N–H and O–H groups in total. The van der Waals surface area contributed by atoms with Crippen molar-refractivity contribution in [3.8, 4) is 11.5 Å². The van der Waals surface area contributed by atoms with Crippen LogP contribution in [0.25, 0.3) is 0 Å². The van der Waals surface area contributed by atoms with Crippen molar-refractivity contribution in [3.63, 3.8) is 0 Å². The minimum atomic E-state index is -2.59. The molecule has 0 fully saturated rings. The lowest BCUT2D eigenvalue weighted by atomic mass is 10.00. The van der Waals surface area contributed by atoms with E-state index in [-0.39, 0.29) is 17.4 Å². The molecule has 2 heterocycles. The van der Waals surface area contributed by atoms with Gasteiger partial charge in [-0.15, -0.1) is 0 Å². The van der Waals surface area contributed by atoms with Gasteiger partial charge in [-0.1, -0.05) is 11.6 Å². The number of hydrogen-bond acceptors (Lipinski definition) is 4. The number of methoxy groups -OCH3 is 1. The topological polar surface area (TPSA) is 51.7 Å². The first-order valence-electron chi connectivity index (χ1n) is 8.05. The Morgan fingerprint density at radius 1 is 1.38 bits per heavy atom. The van der Waals surface area contributed by atoms with Gasteiger partial charge in [-0.25, -0.2) is 8.78 Å². The minimum Gasteiger partial charge on any atom is -0.495 e. The fourth-order valence-corrected chi connectivity index (χ4v) is 3.18. The Balaban J connectivity index is 1.93. The molecule has 1 aromatic carbocycles. The number of carbonyl (C=O) groups is 1. The van der Waals surface area contributed by atoms with Gasteiger partial charge in [-0.2, -0.15) is 0 Å². The van der Waals surface area contributed by atoms with Crippen LogP contribution in [0, 0.1) is 0 Å². The molecule has 1 amide bonds. The number of amides is 1. The Hall–Kier alpha value is -2.41. The molecule has 0 bridgehead atoms. The largest absolute Gasteiger partial charge is 0.495 e. The summed E-state index contributed by atoms with van der Waals surface area (Å²) in [5.41, 5.74) is 1.57. The summed E-state index contributed by atoms with van der Waals surface area (Å²) in [6, 6.07) is 6.24. The molecular weight excluding hydrogens is 366 g/mol. The molecule has 0 aliphatic carbocycles. The first-order chi connectivity index (χ1) is 12.5. The Morgan fingerprint density at radius 2 is 2.19 bits per heavy atom. The van der Waals surface area contributed by atoms with Crippen molar-refractivity contribution in [2.75, 3.05) is 25.2 Å². The molecular formula is C18H17ClF2N2O3. The molecule has 0 spiro atoms. The summed E-state index contributed by atoms with van der Waals surface area (Å²) in [6.45, 7) is -0.264. The van der Waals surface area contributed by atoms with E-state index in [0.717, 1.165) is 18.4 Å². The second kappa shape index (κ2) is 7.86. The van der Waals surface area contributed by atoms with Crippen LogP contribution in [0.4, 0.5) is 14.5 Å². The number of aromatic nitrogens is 1. The zero-order chi connectivity index (χ0) is 18.7. The summed E-state index contributed by atoms with van der Waals surface area (Å²) < 4.78 is 35.0. The van der Waals surface area contributed by atoms with Crippen LogP contribution >= 0.6 is 11.6 Å². The van der Waals surface area contributed by atoms with E-state index in [2.05, 4.69) is 4.98 Å². The molecule has 5 nitrogen and oxygen atoms in total. The van der Waals surface area contributed by atoms with Gasteiger partial charge >= 0.3 is 0 Å². The summed E-state index contributed by atoms with van der Waals surface area (Å²) in [4.78, 5) is 18.6. The second-order valence-electron chi connectivity index (χ2n) is 5.72. The highest BCUT2D eigenvalue weighted by atomic mass is 35.5. The summed E-state index contributed by atoms with van der Waals surface area (Å²) in [5, 5.41) is 0.570. The van der Waals surface area contributed by atoms with Gasteiger partial charge in [-0.3, -0.25) is 9.78 Å². The first-order valence-corrected chi connectivity index (χ1v) is 8.43. The van der Waals surface area contributed by atoms with Gasteiger partial charge in [-0.05, 0) is 36.6 Å². The molecule has 138 valence electrons. The number of halogens is 3. The lowest BCUT2D eigenvalue weighted by Gasteiger charge is -2.31. The normalized spacial score (nSPS) is 13.5. The number of nitrogens with zero attached hydrogens (tertiary/aromatic N) is 2. The van der Waals surface area contributed by atoms with E-state index in [0.29, 0.717) is 23.0 Å². The van der Waals surface area contributed by atoms with E-state index in [1.165, 1.54) is 25.4 Å². The highest BCUT2D eigenvalue weighted by Gasteiger charge is 2.29. The molecule has 1 aromatic heterocycles. The second-order valence-corrected chi connectivity index (χ2v) is 6.12. The Bertz CT molecular complexity index is 817. The van der Waals surface area contributed by atoms with E-state index in [1.807, 2.05) is 0 Å². The van der Waals surface area contributed by atoms with E-state index in [4.69, 9.17) is 21.1 Å². The van der Waals surface area contributed by atoms with Gasteiger partial charge in [0.25, 0.3) is 12.3 Å². The highest BCUT2D eigenvalue weighted by molar-refractivity contribution is 6.32. The molecule has 2 aromatic rings. The lowest BCUT2D eigenvalue weighted by Crippen LogP contribution is -2.36. The number of benzene rings is 1. The van der Waals surface area contributed by atoms with E-state index < -0.39 is 13.0 Å². The van der Waals surface area contributed by atoms with E-state index >= 15 is 0 Å². The average Bonchev–Trinajstić information content (AvgIpc) is 2.66. The molecule has 0 saturated carbocycles. The van der Waals surface area contributed by atoms with Crippen molar-refractivity contribution < 1.29 is 23.0 Å². The summed E-state index contributed by atoms with van der Waals surface area (Å²) in [6.07, 6.45) is 0.240. The summed E-state index contributed by atoms with van der Waals surface area (Å²) in [5.74, 6) is 0.343. The summed E-state index contributed by atoms with van der Waals surface area (Å²) in [7, 11) is 1.53. The van der Waals surface area contributed by atoms with Gasteiger partial charge in [0, 0.05) is 23.8 Å². The molecule has 0 saturated heterocycles. The average molecular weight is 383 g/mol. The SMILES string of the molecule is COc1ccc(Cl)c2c1N(C(=O)c1cc(OCC(F)F)ccn1)CCC2. The lowest BCUT2D eigenvalue weighted by molar-refractivity contribution is 0.0817. The van der Waals surface area contributed by atoms with Crippen LogP contribution in [-0.4, -0.2) is 37.6 Å². The zero-order valence-corrected chi connectivity index (χ0v) is 14.8. The van der Waals surface area contributed by atoms with Gasteiger partial charge in [0.15, 0.2) is 0 Å². The maximum absolute atomic E-state index is 13.0. The van der Waals surface area contributed by atoms with Gasteiger partial charge < -0.3 is 14.4 Å². The van der Waals surface area contributed by atoms with E-state index in [9.17, 15) is 13.6 Å². The highest BCUT2D eigenvalue weighted by Crippen LogP contribution is 2.40. The predicted octanol–water partition coefficient (Wildman–Crippen LogP) is 3.98. The standard InChI is InChI=1S/C18H17ClF2N2O3/c1-25-15-5-4-13(19)12-3-2-8-23(17(12)15)18(24)14-9-11(6-7-22-14)26-10-16(20)21/h4-7,9,16H,2-3,8,10H2,1H3. The molecule has 3 rings (SSSR count). The molecule has 0 atom stereocenters. The van der Waals surface area contributed by atoms with Crippen LogP contribution in [0.3, 0.4) is 0 Å². The monoisotopic (exact) mass is 382 g/mol. The number of pyridine rings is 1. The maximum atomic E-state index is 13.0. The molecule has 1 aliphatic rings. The van der Waals surface area contributed by atoms with Crippen LogP contribution in [0.15, 0.2) is 30.5 Å². The van der Waals surface area contributed by atoms with Crippen LogP contribution < -0.4 is 14.4 Å². The Labute approximate surface area is 154 Å². The first kappa shape index (κ1) is 18.4. The zero-order valence-electron chi connectivity index (χ0n) is 14.0. The Kier molecular flexibility index (Phi) is 5.56. The number of anilines is 1. The van der Waals surface area contributed by atoms with Crippen LogP contribution in [-0.2, 0) is 6.42 Å². The van der Waals surface area contributed by atoms with Crippen LogP contribution in [0.5, 0.6) is 11.5 Å². The van der Waals surface area contributed by atoms with Crippen molar-refractivity contribution in [1.82, 2.24) is 4.98 Å². The third kappa shape index (κ3) is 3.72. The van der Waals surface area contributed by atoms with Gasteiger partial charge in [0.2, 0.25) is 0 Å². The quantitative estimate of drug-likeness (QED) is 0.784. The van der Waals surface area contributed by atoms with Crippen molar-refractivity contribution in [2.24, 2.45) is 0 Å². The smallest absolute Gasteiger partial charge is 0.277 e. The van der Waals surface area contributed by atoms with Crippen LogP contribution in [0.1, 0.15) is 22.5 Å². The van der Waals surface area contributed by atoms with Gasteiger partial charge in [0.05, 0.1) is 12.8 Å². The predicted molar refractivity (Wildman–Crippen MR) is 93.7 cm³/mol. The molecule has 0 radical (unpaired) electrons.